The van der Waals surface area contributed by atoms with Gasteiger partial charge in [-0.15, -0.1) is 0 Å². The van der Waals surface area contributed by atoms with Crippen LogP contribution >= 0.6 is 0 Å². The number of nitrogens with two attached hydrogens (primary N) is 1. The number of halogens is 2. The quantitative estimate of drug-likeness (QED) is 0.670. The van der Waals surface area contributed by atoms with Crippen LogP contribution in [0.15, 0.2) is 0 Å². The molecule has 0 aromatic heterocycles. The van der Waals surface area contributed by atoms with Crippen LogP contribution in [0, 0.1) is 11.8 Å². The molecule has 0 spiro atoms. The average Bonchev–Trinajstić information content (AvgIpc) is 2.69. The highest BCUT2D eigenvalue weighted by atomic mass is 19.3. The van der Waals surface area contributed by atoms with Crippen LogP contribution in [0.5, 0.6) is 0 Å². The molecule has 1 nitrogen and oxygen atoms in total. The van der Waals surface area contributed by atoms with Crippen molar-refractivity contribution in [2.24, 2.45) is 17.6 Å². The van der Waals surface area contributed by atoms with Gasteiger partial charge in [0.05, 0.1) is 0 Å². The lowest BCUT2D eigenvalue weighted by atomic mass is 10.1. The Kier molecular flexibility index (Phi) is 1.46. The van der Waals surface area contributed by atoms with E-state index >= 15 is 0 Å². The molecule has 2 atom stereocenters. The summed E-state index contributed by atoms with van der Waals surface area (Å²) in [4.78, 5) is 0. The van der Waals surface area contributed by atoms with Crippen molar-refractivity contribution >= 4 is 0 Å². The predicted octanol–water partition coefficient (Wildman–Crippen LogP) is 1.77. The molecule has 11 heavy (non-hydrogen) atoms. The molecule has 3 heteroatoms. The first-order chi connectivity index (χ1) is 5.09. The molecule has 64 valence electrons. The molecule has 2 aliphatic carbocycles. The second-order valence-corrected chi connectivity index (χ2v) is 3.90. The SMILES string of the molecule is NC(CC1CC1(F)F)C1CC1. The van der Waals surface area contributed by atoms with Gasteiger partial charge in [0, 0.05) is 18.4 Å². The lowest BCUT2D eigenvalue weighted by Crippen LogP contribution is -2.23. The molecule has 0 heterocycles. The van der Waals surface area contributed by atoms with E-state index in [1.54, 1.807) is 0 Å². The third-order valence-electron chi connectivity index (χ3n) is 2.74. The summed E-state index contributed by atoms with van der Waals surface area (Å²) in [5.41, 5.74) is 5.71. The summed E-state index contributed by atoms with van der Waals surface area (Å²) in [5, 5.41) is 0. The van der Waals surface area contributed by atoms with E-state index in [4.69, 9.17) is 5.73 Å². The van der Waals surface area contributed by atoms with E-state index in [-0.39, 0.29) is 12.5 Å². The van der Waals surface area contributed by atoms with Crippen LogP contribution in [0.25, 0.3) is 0 Å². The van der Waals surface area contributed by atoms with E-state index in [9.17, 15) is 8.78 Å². The Balaban J connectivity index is 1.74. The summed E-state index contributed by atoms with van der Waals surface area (Å²) in [7, 11) is 0. The largest absolute Gasteiger partial charge is 0.327 e. The van der Waals surface area contributed by atoms with Crippen LogP contribution in [-0.4, -0.2) is 12.0 Å². The molecular formula is C8H13F2N. The van der Waals surface area contributed by atoms with Crippen molar-refractivity contribution in [3.05, 3.63) is 0 Å². The first-order valence-electron chi connectivity index (χ1n) is 4.23. The molecule has 2 unspecified atom stereocenters. The molecule has 0 bridgehead atoms. The summed E-state index contributed by atoms with van der Waals surface area (Å²) in [6, 6.07) is 0.0494. The summed E-state index contributed by atoms with van der Waals surface area (Å²) in [6.45, 7) is 0. The van der Waals surface area contributed by atoms with E-state index in [1.165, 1.54) is 0 Å². The maximum absolute atomic E-state index is 12.4. The highest BCUT2D eigenvalue weighted by Gasteiger charge is 2.57. The lowest BCUT2D eigenvalue weighted by molar-refractivity contribution is 0.0949. The van der Waals surface area contributed by atoms with Crippen molar-refractivity contribution in [1.82, 2.24) is 0 Å². The maximum atomic E-state index is 12.4. The van der Waals surface area contributed by atoms with Gasteiger partial charge in [0.25, 0.3) is 5.92 Å². The molecule has 2 fully saturated rings. The Morgan fingerprint density at radius 3 is 2.36 bits per heavy atom. The number of rotatable bonds is 3. The Labute approximate surface area is 65.0 Å². The van der Waals surface area contributed by atoms with Gasteiger partial charge in [-0.3, -0.25) is 0 Å². The third kappa shape index (κ3) is 1.53. The maximum Gasteiger partial charge on any atom is 0.251 e. The molecule has 0 amide bonds. The van der Waals surface area contributed by atoms with Crippen molar-refractivity contribution in [3.8, 4) is 0 Å². The first kappa shape index (κ1) is 7.47. The van der Waals surface area contributed by atoms with Gasteiger partial charge in [-0.1, -0.05) is 0 Å². The van der Waals surface area contributed by atoms with E-state index in [0.717, 1.165) is 12.8 Å². The van der Waals surface area contributed by atoms with E-state index in [0.29, 0.717) is 12.3 Å². The number of alkyl halides is 2. The van der Waals surface area contributed by atoms with Crippen LogP contribution in [-0.2, 0) is 0 Å². The highest BCUT2D eigenvalue weighted by molar-refractivity contribution is 4.98. The number of hydrogen-bond acceptors (Lipinski definition) is 1. The molecule has 2 aliphatic rings. The third-order valence-corrected chi connectivity index (χ3v) is 2.74. The Hall–Kier alpha value is -0.180. The van der Waals surface area contributed by atoms with Crippen molar-refractivity contribution in [3.63, 3.8) is 0 Å². The molecule has 0 saturated heterocycles. The van der Waals surface area contributed by atoms with Gasteiger partial charge in [0.15, 0.2) is 0 Å². The van der Waals surface area contributed by atoms with Crippen molar-refractivity contribution in [2.45, 2.75) is 37.6 Å². The predicted molar refractivity (Wildman–Crippen MR) is 38.4 cm³/mol. The zero-order valence-corrected chi connectivity index (χ0v) is 6.39. The average molecular weight is 161 g/mol. The fourth-order valence-electron chi connectivity index (χ4n) is 1.57. The van der Waals surface area contributed by atoms with E-state index in [1.807, 2.05) is 0 Å². The fourth-order valence-corrected chi connectivity index (χ4v) is 1.57. The normalized spacial score (nSPS) is 36.8. The minimum atomic E-state index is -2.37. The lowest BCUT2D eigenvalue weighted by Gasteiger charge is -2.07. The Morgan fingerprint density at radius 2 is 2.00 bits per heavy atom. The minimum Gasteiger partial charge on any atom is -0.327 e. The molecule has 0 aromatic rings. The Morgan fingerprint density at radius 1 is 1.45 bits per heavy atom. The highest BCUT2D eigenvalue weighted by Crippen LogP contribution is 2.52. The summed E-state index contributed by atoms with van der Waals surface area (Å²) < 4.78 is 24.8. The van der Waals surface area contributed by atoms with Gasteiger partial charge in [0.1, 0.15) is 0 Å². The molecule has 2 saturated carbocycles. The molecule has 2 N–H and O–H groups in total. The van der Waals surface area contributed by atoms with Gasteiger partial charge in [-0.2, -0.15) is 0 Å². The fraction of sp³-hybridized carbons (Fsp3) is 1.00. The van der Waals surface area contributed by atoms with Crippen LogP contribution in [0.4, 0.5) is 8.78 Å². The molecule has 0 aliphatic heterocycles. The van der Waals surface area contributed by atoms with Gasteiger partial charge >= 0.3 is 0 Å². The molecule has 2 rings (SSSR count). The molecule has 0 radical (unpaired) electrons. The second-order valence-electron chi connectivity index (χ2n) is 3.90. The van der Waals surface area contributed by atoms with Crippen LogP contribution in [0.2, 0.25) is 0 Å². The van der Waals surface area contributed by atoms with Gasteiger partial charge in [-0.25, -0.2) is 8.78 Å². The van der Waals surface area contributed by atoms with Gasteiger partial charge in [-0.05, 0) is 25.2 Å². The van der Waals surface area contributed by atoms with Crippen molar-refractivity contribution < 1.29 is 8.78 Å². The summed E-state index contributed by atoms with van der Waals surface area (Å²) in [5.74, 6) is -2.20. The van der Waals surface area contributed by atoms with Crippen LogP contribution < -0.4 is 5.73 Å². The topological polar surface area (TPSA) is 26.0 Å². The van der Waals surface area contributed by atoms with Crippen LogP contribution in [0.3, 0.4) is 0 Å². The molecular weight excluding hydrogens is 148 g/mol. The van der Waals surface area contributed by atoms with Crippen LogP contribution in [0.1, 0.15) is 25.7 Å². The zero-order chi connectivity index (χ0) is 8.06. The summed E-state index contributed by atoms with van der Waals surface area (Å²) in [6.07, 6.45) is 2.92. The van der Waals surface area contributed by atoms with Gasteiger partial charge < -0.3 is 5.73 Å². The number of hydrogen-bond donors (Lipinski definition) is 1. The van der Waals surface area contributed by atoms with Crippen molar-refractivity contribution in [2.75, 3.05) is 0 Å². The Bertz CT molecular complexity index is 165. The van der Waals surface area contributed by atoms with E-state index in [2.05, 4.69) is 0 Å². The van der Waals surface area contributed by atoms with E-state index < -0.39 is 11.8 Å². The smallest absolute Gasteiger partial charge is 0.251 e. The van der Waals surface area contributed by atoms with Crippen molar-refractivity contribution in [1.29, 1.82) is 0 Å². The minimum absolute atomic E-state index is 0.0494. The summed E-state index contributed by atoms with van der Waals surface area (Å²) >= 11 is 0. The first-order valence-corrected chi connectivity index (χ1v) is 4.23. The standard InChI is InChI=1S/C8H13F2N/c9-8(10)4-6(8)3-7(11)5-1-2-5/h5-7H,1-4,11H2. The molecule has 0 aromatic carbocycles. The monoisotopic (exact) mass is 161 g/mol. The van der Waals surface area contributed by atoms with Gasteiger partial charge in [0.2, 0.25) is 0 Å². The zero-order valence-electron chi connectivity index (χ0n) is 6.39. The second kappa shape index (κ2) is 2.16.